The molecule has 2 saturated carbocycles. The first kappa shape index (κ1) is 30.5. The second kappa shape index (κ2) is 11.0. The molecule has 2 aliphatic carbocycles. The topological polar surface area (TPSA) is 6.48 Å². The van der Waals surface area contributed by atoms with Gasteiger partial charge in [-0.1, -0.05) is 85.8 Å². The maximum atomic E-state index is 13.9. The van der Waals surface area contributed by atoms with Crippen molar-refractivity contribution in [3.63, 3.8) is 0 Å². The van der Waals surface area contributed by atoms with Crippen molar-refractivity contribution >= 4 is 38.7 Å². The van der Waals surface area contributed by atoms with E-state index in [1.165, 1.54) is 73.2 Å². The van der Waals surface area contributed by atoms with Crippen LogP contribution in [-0.2, 0) is 10.8 Å². The fourth-order valence-corrected chi connectivity index (χ4v) is 9.80. The zero-order valence-corrected chi connectivity index (χ0v) is 28.4. The molecule has 0 radical (unpaired) electrons. The van der Waals surface area contributed by atoms with Gasteiger partial charge in [0.25, 0.3) is 0 Å². The van der Waals surface area contributed by atoms with Crippen molar-refractivity contribution in [2.45, 2.75) is 101 Å². The van der Waals surface area contributed by atoms with E-state index in [1.807, 2.05) is 24.3 Å². The third kappa shape index (κ3) is 4.51. The summed E-state index contributed by atoms with van der Waals surface area (Å²) in [7, 11) is 0. The molecule has 2 aliphatic heterocycles. The summed E-state index contributed by atoms with van der Waals surface area (Å²) in [6, 6.07) is 29.3. The molecule has 0 N–H and O–H groups in total. The standard InChI is InChI=1S/C20H21BrFN.C20H22FN/c1-19-10-3-4-11-20(19,2)23(16-7-5-6-15(22)13-16)18-9-8-14(21)12-17(18)19;1-19-12-5-6-13-20(19,2)22(16-9-7-8-15(21)14-16)18-11-4-3-10-17(18)19/h5-9,12-13H,3-4,10-11H2,1-2H3;3-4,7-11,14H,5-6,12-13H2,1-2H3. The first-order valence-electron chi connectivity index (χ1n) is 16.5. The monoisotopic (exact) mass is 668 g/mol. The van der Waals surface area contributed by atoms with Crippen molar-refractivity contribution in [1.29, 1.82) is 0 Å². The van der Waals surface area contributed by atoms with Gasteiger partial charge in [0.2, 0.25) is 0 Å². The molecule has 4 unspecified atom stereocenters. The van der Waals surface area contributed by atoms with E-state index in [9.17, 15) is 8.78 Å². The summed E-state index contributed by atoms with van der Waals surface area (Å²) >= 11 is 3.63. The molecule has 4 aromatic rings. The molecule has 5 heteroatoms. The van der Waals surface area contributed by atoms with Gasteiger partial charge in [0.15, 0.2) is 0 Å². The molecule has 0 spiro atoms. The Morgan fingerprint density at radius 3 is 1.58 bits per heavy atom. The number of halogens is 3. The third-order valence-electron chi connectivity index (χ3n) is 12.2. The maximum Gasteiger partial charge on any atom is 0.125 e. The van der Waals surface area contributed by atoms with Crippen LogP contribution in [0.4, 0.5) is 31.5 Å². The van der Waals surface area contributed by atoms with Gasteiger partial charge in [0, 0.05) is 38.1 Å². The Bertz CT molecular complexity index is 1760. The van der Waals surface area contributed by atoms with Gasteiger partial charge >= 0.3 is 0 Å². The van der Waals surface area contributed by atoms with E-state index in [-0.39, 0.29) is 33.5 Å². The van der Waals surface area contributed by atoms with Crippen LogP contribution in [-0.4, -0.2) is 11.1 Å². The fourth-order valence-electron chi connectivity index (χ4n) is 9.44. The van der Waals surface area contributed by atoms with E-state index < -0.39 is 0 Å². The van der Waals surface area contributed by atoms with Crippen LogP contribution in [0.5, 0.6) is 0 Å². The van der Waals surface area contributed by atoms with Gasteiger partial charge in [0.05, 0.1) is 11.1 Å². The number of hydrogen-bond donors (Lipinski definition) is 0. The van der Waals surface area contributed by atoms with Crippen LogP contribution in [0, 0.1) is 11.6 Å². The fraction of sp³-hybridized carbons (Fsp3) is 0.400. The highest BCUT2D eigenvalue weighted by Crippen LogP contribution is 2.62. The summed E-state index contributed by atoms with van der Waals surface area (Å²) in [4.78, 5) is 4.78. The minimum atomic E-state index is -0.172. The summed E-state index contributed by atoms with van der Waals surface area (Å²) in [5.41, 5.74) is 7.45. The van der Waals surface area contributed by atoms with Crippen molar-refractivity contribution in [2.75, 3.05) is 9.80 Å². The molecule has 2 heterocycles. The van der Waals surface area contributed by atoms with E-state index in [4.69, 9.17) is 0 Å². The average Bonchev–Trinajstić information content (AvgIpc) is 3.36. The molecule has 2 fully saturated rings. The number of anilines is 4. The third-order valence-corrected chi connectivity index (χ3v) is 12.7. The molecule has 4 aromatic carbocycles. The van der Waals surface area contributed by atoms with Crippen LogP contribution < -0.4 is 9.80 Å². The second-order valence-corrected chi connectivity index (χ2v) is 15.4. The molecule has 0 amide bonds. The SMILES string of the molecule is CC12CCCCC1(C)N(c1cccc(F)c1)c1ccc(Br)cc12.CC12CCCCC1(C)N(c1cccc(F)c1)c1ccccc12. The zero-order valence-electron chi connectivity index (χ0n) is 26.8. The summed E-state index contributed by atoms with van der Waals surface area (Å²) in [6.07, 6.45) is 9.66. The Morgan fingerprint density at radius 1 is 0.533 bits per heavy atom. The van der Waals surface area contributed by atoms with E-state index in [1.54, 1.807) is 12.1 Å². The summed E-state index contributed by atoms with van der Waals surface area (Å²) in [5, 5.41) is 0. The van der Waals surface area contributed by atoms with Gasteiger partial charge in [-0.15, -0.1) is 0 Å². The minimum Gasteiger partial charge on any atom is -0.334 e. The molecule has 8 rings (SSSR count). The van der Waals surface area contributed by atoms with Gasteiger partial charge in [-0.05, 0) is 111 Å². The van der Waals surface area contributed by atoms with Gasteiger partial charge in [-0.2, -0.15) is 0 Å². The lowest BCUT2D eigenvalue weighted by molar-refractivity contribution is 0.195. The number of para-hydroxylation sites is 1. The van der Waals surface area contributed by atoms with Gasteiger partial charge < -0.3 is 9.80 Å². The summed E-state index contributed by atoms with van der Waals surface area (Å²) in [6.45, 7) is 9.49. The Morgan fingerprint density at radius 2 is 1.02 bits per heavy atom. The molecule has 4 aliphatic rings. The van der Waals surface area contributed by atoms with Crippen molar-refractivity contribution in [3.05, 3.63) is 118 Å². The van der Waals surface area contributed by atoms with Crippen LogP contribution in [0.1, 0.15) is 90.2 Å². The Labute approximate surface area is 275 Å². The number of nitrogens with zero attached hydrogens (tertiary/aromatic N) is 2. The van der Waals surface area contributed by atoms with Crippen molar-refractivity contribution in [1.82, 2.24) is 0 Å². The first-order chi connectivity index (χ1) is 21.5. The molecule has 45 heavy (non-hydrogen) atoms. The highest BCUT2D eigenvalue weighted by Gasteiger charge is 2.58. The zero-order chi connectivity index (χ0) is 31.6. The lowest BCUT2D eigenvalue weighted by Crippen LogP contribution is -2.54. The van der Waals surface area contributed by atoms with E-state index in [0.29, 0.717) is 0 Å². The van der Waals surface area contributed by atoms with Crippen LogP contribution >= 0.6 is 15.9 Å². The molecule has 234 valence electrons. The molecule has 2 nitrogen and oxygen atoms in total. The van der Waals surface area contributed by atoms with Crippen LogP contribution in [0.25, 0.3) is 0 Å². The molecular formula is C40H43BrF2N2. The Balaban J connectivity index is 0.000000145. The van der Waals surface area contributed by atoms with Gasteiger partial charge in [0.1, 0.15) is 11.6 Å². The number of rotatable bonds is 2. The van der Waals surface area contributed by atoms with Crippen LogP contribution in [0.2, 0.25) is 0 Å². The number of fused-ring (bicyclic) bond motifs is 6. The minimum absolute atomic E-state index is 0.0117. The predicted octanol–water partition coefficient (Wildman–Crippen LogP) is 11.9. The van der Waals surface area contributed by atoms with Crippen LogP contribution in [0.3, 0.4) is 0 Å². The number of hydrogen-bond acceptors (Lipinski definition) is 2. The van der Waals surface area contributed by atoms with E-state index in [2.05, 4.69) is 95.9 Å². The van der Waals surface area contributed by atoms with E-state index >= 15 is 0 Å². The molecule has 0 aromatic heterocycles. The lowest BCUT2D eigenvalue weighted by Gasteiger charge is -2.50. The quantitative estimate of drug-likeness (QED) is 0.210. The second-order valence-electron chi connectivity index (χ2n) is 14.4. The molecule has 0 saturated heterocycles. The highest BCUT2D eigenvalue weighted by atomic mass is 79.9. The van der Waals surface area contributed by atoms with Gasteiger partial charge in [-0.25, -0.2) is 8.78 Å². The Hall–Kier alpha value is -3.18. The predicted molar refractivity (Wildman–Crippen MR) is 186 cm³/mol. The largest absolute Gasteiger partial charge is 0.334 e. The van der Waals surface area contributed by atoms with Crippen molar-refractivity contribution in [3.8, 4) is 0 Å². The summed E-state index contributed by atoms with van der Waals surface area (Å²) < 4.78 is 28.8. The smallest absolute Gasteiger partial charge is 0.125 e. The Kier molecular flexibility index (Phi) is 7.43. The molecule has 4 atom stereocenters. The summed E-state index contributed by atoms with van der Waals surface area (Å²) in [5.74, 6) is -0.336. The normalized spacial score (nSPS) is 29.7. The maximum absolute atomic E-state index is 13.9. The first-order valence-corrected chi connectivity index (χ1v) is 17.3. The highest BCUT2D eigenvalue weighted by molar-refractivity contribution is 9.10. The molecule has 0 bridgehead atoms. The van der Waals surface area contributed by atoms with Gasteiger partial charge in [-0.3, -0.25) is 0 Å². The van der Waals surface area contributed by atoms with Crippen LogP contribution in [0.15, 0.2) is 95.5 Å². The van der Waals surface area contributed by atoms with E-state index in [0.717, 1.165) is 28.7 Å². The lowest BCUT2D eigenvalue weighted by atomic mass is 9.61. The average molecular weight is 670 g/mol. The van der Waals surface area contributed by atoms with Crippen molar-refractivity contribution < 1.29 is 8.78 Å². The molecular weight excluding hydrogens is 626 g/mol. The van der Waals surface area contributed by atoms with Crippen molar-refractivity contribution in [2.24, 2.45) is 0 Å². The number of benzene rings is 4.